The van der Waals surface area contributed by atoms with Gasteiger partial charge in [0, 0.05) is 12.6 Å². The molecule has 2 heterocycles. The molecule has 0 aromatic carbocycles. The van der Waals surface area contributed by atoms with Crippen molar-refractivity contribution in [1.29, 1.82) is 0 Å². The zero-order valence-corrected chi connectivity index (χ0v) is 7.55. The fraction of sp³-hybridized carbons (Fsp3) is 0.444. The van der Waals surface area contributed by atoms with Crippen LogP contribution in [0.15, 0.2) is 23.5 Å². The van der Waals surface area contributed by atoms with Crippen LogP contribution in [0.2, 0.25) is 0 Å². The smallest absolute Gasteiger partial charge is 0.243 e. The minimum absolute atomic E-state index is 0.00889. The van der Waals surface area contributed by atoms with Gasteiger partial charge in [-0.05, 0) is 17.3 Å². The molecule has 5 heteroatoms. The van der Waals surface area contributed by atoms with E-state index < -0.39 is 0 Å². The van der Waals surface area contributed by atoms with E-state index in [9.17, 15) is 4.91 Å². The lowest BCUT2D eigenvalue weighted by Gasteiger charge is -2.10. The maximum Gasteiger partial charge on any atom is 0.243 e. The summed E-state index contributed by atoms with van der Waals surface area (Å²) in [6, 6.07) is 3.22. The number of aromatic nitrogens is 1. The highest BCUT2D eigenvalue weighted by Gasteiger charge is 2.19. The second-order valence-corrected chi connectivity index (χ2v) is 3.02. The number of rotatable bonds is 3. The Morgan fingerprint density at radius 2 is 2.57 bits per heavy atom. The fourth-order valence-electron chi connectivity index (χ4n) is 1.31. The van der Waals surface area contributed by atoms with Gasteiger partial charge >= 0.3 is 0 Å². The molecule has 1 atom stereocenters. The van der Waals surface area contributed by atoms with E-state index >= 15 is 0 Å². The Kier molecular flexibility index (Phi) is 2.69. The maximum atomic E-state index is 10.4. The zero-order chi connectivity index (χ0) is 9.80. The van der Waals surface area contributed by atoms with Crippen LogP contribution in [0.25, 0.3) is 0 Å². The fourth-order valence-corrected chi connectivity index (χ4v) is 1.31. The summed E-state index contributed by atoms with van der Waals surface area (Å²) in [6.07, 6.45) is 2.39. The number of pyridine rings is 1. The first kappa shape index (κ1) is 9.08. The van der Waals surface area contributed by atoms with Gasteiger partial charge in [-0.1, -0.05) is 0 Å². The van der Waals surface area contributed by atoms with Crippen molar-refractivity contribution in [3.63, 3.8) is 0 Å². The Balaban J connectivity index is 2.10. The molecule has 1 aliphatic heterocycles. The van der Waals surface area contributed by atoms with E-state index in [-0.39, 0.29) is 17.7 Å². The Bertz CT molecular complexity index is 324. The maximum absolute atomic E-state index is 10.4. The Labute approximate surface area is 81.0 Å². The summed E-state index contributed by atoms with van der Waals surface area (Å²) >= 11 is 0. The predicted molar refractivity (Wildman–Crippen MR) is 49.5 cm³/mol. The molecule has 1 aromatic rings. The number of nitroso groups, excluding NO2 is 1. The highest BCUT2D eigenvalue weighted by molar-refractivity contribution is 5.45. The number of hydrogen-bond donors (Lipinski definition) is 0. The molecule has 2 rings (SSSR count). The van der Waals surface area contributed by atoms with E-state index in [0.717, 1.165) is 6.42 Å². The average molecular weight is 194 g/mol. The summed E-state index contributed by atoms with van der Waals surface area (Å²) in [5.41, 5.74) is 0.236. The molecule has 0 spiro atoms. The van der Waals surface area contributed by atoms with Gasteiger partial charge in [0.05, 0.1) is 13.2 Å². The third-order valence-electron chi connectivity index (χ3n) is 2.02. The van der Waals surface area contributed by atoms with Gasteiger partial charge in [0.1, 0.15) is 6.10 Å². The van der Waals surface area contributed by atoms with Crippen LogP contribution >= 0.6 is 0 Å². The predicted octanol–water partition coefficient (Wildman–Crippen LogP) is 1.65. The molecule has 5 nitrogen and oxygen atoms in total. The normalized spacial score (nSPS) is 20.7. The van der Waals surface area contributed by atoms with Crippen LogP contribution in [0, 0.1) is 4.91 Å². The molecule has 0 aliphatic carbocycles. The monoisotopic (exact) mass is 194 g/mol. The van der Waals surface area contributed by atoms with E-state index in [1.807, 2.05) is 0 Å². The molecule has 0 bridgehead atoms. The molecule has 0 unspecified atom stereocenters. The van der Waals surface area contributed by atoms with Crippen molar-refractivity contribution >= 4 is 5.69 Å². The minimum Gasteiger partial charge on any atom is -0.470 e. The molecule has 0 N–H and O–H groups in total. The lowest BCUT2D eigenvalue weighted by atomic mass is 10.3. The van der Waals surface area contributed by atoms with Crippen molar-refractivity contribution in [3.8, 4) is 5.88 Å². The molecule has 1 aliphatic rings. The molecule has 0 radical (unpaired) electrons. The van der Waals surface area contributed by atoms with Crippen molar-refractivity contribution in [3.05, 3.63) is 23.2 Å². The van der Waals surface area contributed by atoms with Gasteiger partial charge < -0.3 is 9.47 Å². The van der Waals surface area contributed by atoms with Crippen molar-refractivity contribution in [2.75, 3.05) is 13.2 Å². The van der Waals surface area contributed by atoms with Crippen molar-refractivity contribution in [1.82, 2.24) is 4.98 Å². The third kappa shape index (κ3) is 1.88. The Hall–Kier alpha value is -1.49. The van der Waals surface area contributed by atoms with Crippen LogP contribution in [-0.2, 0) is 4.74 Å². The number of hydrogen-bond acceptors (Lipinski definition) is 5. The Morgan fingerprint density at radius 1 is 1.64 bits per heavy atom. The SMILES string of the molecule is O=Nc1cccnc1O[C@H]1CCOC1. The van der Waals surface area contributed by atoms with Gasteiger partial charge in [-0.3, -0.25) is 0 Å². The van der Waals surface area contributed by atoms with Crippen LogP contribution in [0.5, 0.6) is 5.88 Å². The summed E-state index contributed by atoms with van der Waals surface area (Å²) in [4.78, 5) is 14.3. The topological polar surface area (TPSA) is 60.8 Å². The summed E-state index contributed by atoms with van der Waals surface area (Å²) in [5, 5.41) is 2.83. The van der Waals surface area contributed by atoms with E-state index in [4.69, 9.17) is 9.47 Å². The standard InChI is InChI=1S/C9H10N2O3/c12-11-8-2-1-4-10-9(8)14-7-3-5-13-6-7/h1-2,4,7H,3,5-6H2/t7-/m0/s1. The van der Waals surface area contributed by atoms with Crippen LogP contribution in [-0.4, -0.2) is 24.3 Å². The highest BCUT2D eigenvalue weighted by Crippen LogP contribution is 2.25. The molecule has 14 heavy (non-hydrogen) atoms. The number of ether oxygens (including phenoxy) is 2. The minimum atomic E-state index is -0.00889. The molecule has 1 fully saturated rings. The van der Waals surface area contributed by atoms with Gasteiger partial charge in [-0.2, -0.15) is 0 Å². The van der Waals surface area contributed by atoms with Crippen molar-refractivity contribution < 1.29 is 9.47 Å². The summed E-state index contributed by atoms with van der Waals surface area (Å²) < 4.78 is 10.6. The van der Waals surface area contributed by atoms with Gasteiger partial charge in [0.15, 0.2) is 5.69 Å². The highest BCUT2D eigenvalue weighted by atomic mass is 16.5. The van der Waals surface area contributed by atoms with Crippen LogP contribution in [0.3, 0.4) is 0 Å². The molecule has 0 saturated carbocycles. The zero-order valence-electron chi connectivity index (χ0n) is 7.55. The second kappa shape index (κ2) is 4.15. The van der Waals surface area contributed by atoms with Gasteiger partial charge in [0.25, 0.3) is 0 Å². The second-order valence-electron chi connectivity index (χ2n) is 3.02. The molecule has 0 amide bonds. The van der Waals surface area contributed by atoms with Crippen molar-refractivity contribution in [2.45, 2.75) is 12.5 Å². The molecule has 1 aromatic heterocycles. The molecular formula is C9H10N2O3. The average Bonchev–Trinajstić information content (AvgIpc) is 2.71. The van der Waals surface area contributed by atoms with E-state index in [1.165, 1.54) is 0 Å². The van der Waals surface area contributed by atoms with E-state index in [0.29, 0.717) is 13.2 Å². The lowest BCUT2D eigenvalue weighted by molar-refractivity contribution is 0.138. The van der Waals surface area contributed by atoms with E-state index in [2.05, 4.69) is 10.2 Å². The van der Waals surface area contributed by atoms with Crippen molar-refractivity contribution in [2.24, 2.45) is 5.18 Å². The summed E-state index contributed by atoms with van der Waals surface area (Å²) in [7, 11) is 0. The van der Waals surface area contributed by atoms with Gasteiger partial charge in [0.2, 0.25) is 5.88 Å². The number of nitrogens with zero attached hydrogens (tertiary/aromatic N) is 2. The van der Waals surface area contributed by atoms with Crippen LogP contribution in [0.4, 0.5) is 5.69 Å². The van der Waals surface area contributed by atoms with Gasteiger partial charge in [-0.15, -0.1) is 4.91 Å². The lowest BCUT2D eigenvalue weighted by Crippen LogP contribution is -2.16. The van der Waals surface area contributed by atoms with E-state index in [1.54, 1.807) is 18.3 Å². The first-order valence-corrected chi connectivity index (χ1v) is 4.43. The Morgan fingerprint density at radius 3 is 3.29 bits per heavy atom. The quantitative estimate of drug-likeness (QED) is 0.686. The first-order chi connectivity index (χ1) is 6.90. The third-order valence-corrected chi connectivity index (χ3v) is 2.02. The van der Waals surface area contributed by atoms with Gasteiger partial charge in [-0.25, -0.2) is 4.98 Å². The summed E-state index contributed by atoms with van der Waals surface area (Å²) in [6.45, 7) is 1.25. The molecular weight excluding hydrogens is 184 g/mol. The largest absolute Gasteiger partial charge is 0.470 e. The first-order valence-electron chi connectivity index (χ1n) is 4.43. The van der Waals surface area contributed by atoms with Crippen LogP contribution in [0.1, 0.15) is 6.42 Å². The molecule has 74 valence electrons. The van der Waals surface area contributed by atoms with Crippen LogP contribution < -0.4 is 4.74 Å². The molecule has 1 saturated heterocycles. The summed E-state index contributed by atoms with van der Waals surface area (Å²) in [5.74, 6) is 0.290.